The molecule has 0 aliphatic rings. The minimum atomic E-state index is -0.763. The van der Waals surface area contributed by atoms with E-state index in [0.29, 0.717) is 25.8 Å². The molecule has 0 aliphatic carbocycles. The standard InChI is InChI=1S/C26H31N3O3/c1-4-18(2)24(30)26(32)29(3)23(16-19-10-6-5-7-11-19)25(31)27-15-14-20-17-28-22-13-9-8-12-21(20)22/h5-13,17-18,23,28H,4,14-16H2,1-3H3,(H,27,31)/t18?,23-/m0/s1. The van der Waals surface area contributed by atoms with Gasteiger partial charge in [-0.1, -0.05) is 62.4 Å². The number of likely N-dealkylation sites (N-methyl/N-ethyl adjacent to an activating group) is 1. The van der Waals surface area contributed by atoms with Gasteiger partial charge in [-0.25, -0.2) is 0 Å². The lowest BCUT2D eigenvalue weighted by Gasteiger charge is -2.27. The topological polar surface area (TPSA) is 82.3 Å². The van der Waals surface area contributed by atoms with E-state index in [1.807, 2.05) is 67.7 Å². The van der Waals surface area contributed by atoms with Crippen LogP contribution in [-0.4, -0.2) is 47.1 Å². The Morgan fingerprint density at radius 3 is 2.44 bits per heavy atom. The second-order valence-corrected chi connectivity index (χ2v) is 8.20. The van der Waals surface area contributed by atoms with Crippen LogP contribution in [0.3, 0.4) is 0 Å². The van der Waals surface area contributed by atoms with Gasteiger partial charge in [0.05, 0.1) is 0 Å². The number of nitrogens with zero attached hydrogens (tertiary/aromatic N) is 1. The zero-order valence-electron chi connectivity index (χ0n) is 18.9. The Morgan fingerprint density at radius 1 is 1.03 bits per heavy atom. The molecule has 0 radical (unpaired) electrons. The zero-order chi connectivity index (χ0) is 23.1. The van der Waals surface area contributed by atoms with Gasteiger partial charge in [-0.3, -0.25) is 14.4 Å². The smallest absolute Gasteiger partial charge is 0.290 e. The minimum absolute atomic E-state index is 0.263. The predicted octanol–water partition coefficient (Wildman–Crippen LogP) is 3.51. The second-order valence-electron chi connectivity index (χ2n) is 8.20. The molecular weight excluding hydrogens is 402 g/mol. The maximum Gasteiger partial charge on any atom is 0.290 e. The van der Waals surface area contributed by atoms with Crippen molar-refractivity contribution in [1.82, 2.24) is 15.2 Å². The quantitative estimate of drug-likeness (QED) is 0.480. The summed E-state index contributed by atoms with van der Waals surface area (Å²) in [7, 11) is 1.54. The Balaban J connectivity index is 1.70. The van der Waals surface area contributed by atoms with Crippen LogP contribution in [0, 0.1) is 5.92 Å². The first-order valence-electron chi connectivity index (χ1n) is 11.1. The van der Waals surface area contributed by atoms with E-state index in [9.17, 15) is 14.4 Å². The van der Waals surface area contributed by atoms with Crippen LogP contribution in [0.1, 0.15) is 31.4 Å². The van der Waals surface area contributed by atoms with Crippen LogP contribution in [0.4, 0.5) is 0 Å². The monoisotopic (exact) mass is 433 g/mol. The molecule has 6 nitrogen and oxygen atoms in total. The number of carbonyl (C=O) groups is 3. The van der Waals surface area contributed by atoms with Crippen molar-refractivity contribution in [2.45, 2.75) is 39.2 Å². The highest BCUT2D eigenvalue weighted by Gasteiger charge is 2.32. The average Bonchev–Trinajstić information content (AvgIpc) is 3.24. The maximum atomic E-state index is 13.1. The van der Waals surface area contributed by atoms with Gasteiger partial charge < -0.3 is 15.2 Å². The van der Waals surface area contributed by atoms with Crippen LogP contribution in [0.15, 0.2) is 60.8 Å². The Kier molecular flexibility index (Phi) is 7.82. The molecule has 168 valence electrons. The predicted molar refractivity (Wildman–Crippen MR) is 126 cm³/mol. The first-order chi connectivity index (χ1) is 15.4. The molecule has 2 atom stereocenters. The number of fused-ring (bicyclic) bond motifs is 1. The third-order valence-electron chi connectivity index (χ3n) is 6.00. The molecule has 1 aromatic heterocycles. The van der Waals surface area contributed by atoms with Crippen LogP contribution < -0.4 is 5.32 Å². The minimum Gasteiger partial charge on any atom is -0.361 e. The molecule has 0 spiro atoms. The van der Waals surface area contributed by atoms with Gasteiger partial charge in [0.25, 0.3) is 5.91 Å². The number of hydrogen-bond acceptors (Lipinski definition) is 3. The molecule has 0 saturated carbocycles. The van der Waals surface area contributed by atoms with E-state index >= 15 is 0 Å². The third kappa shape index (κ3) is 5.44. The summed E-state index contributed by atoms with van der Waals surface area (Å²) in [4.78, 5) is 42.9. The Labute approximate surface area is 189 Å². The number of hydrogen-bond donors (Lipinski definition) is 2. The number of benzene rings is 2. The lowest BCUT2D eigenvalue weighted by molar-refractivity contribution is -0.149. The number of aromatic nitrogens is 1. The summed E-state index contributed by atoms with van der Waals surface area (Å²) in [6.45, 7) is 4.05. The highest BCUT2D eigenvalue weighted by molar-refractivity contribution is 6.37. The van der Waals surface area contributed by atoms with E-state index in [-0.39, 0.29) is 11.8 Å². The molecule has 1 unspecified atom stereocenters. The molecule has 0 fully saturated rings. The van der Waals surface area contributed by atoms with Crippen LogP contribution in [-0.2, 0) is 27.2 Å². The number of nitrogens with one attached hydrogen (secondary N) is 2. The van der Waals surface area contributed by atoms with E-state index in [1.54, 1.807) is 6.92 Å². The summed E-state index contributed by atoms with van der Waals surface area (Å²) >= 11 is 0. The van der Waals surface area contributed by atoms with Crippen LogP contribution in [0.2, 0.25) is 0 Å². The van der Waals surface area contributed by atoms with Crippen LogP contribution in [0.5, 0.6) is 0 Å². The molecule has 0 saturated heterocycles. The van der Waals surface area contributed by atoms with Gasteiger partial charge >= 0.3 is 0 Å². The summed E-state index contributed by atoms with van der Waals surface area (Å²) < 4.78 is 0. The first-order valence-corrected chi connectivity index (χ1v) is 11.1. The normalized spacial score (nSPS) is 12.8. The van der Waals surface area contributed by atoms with Crippen molar-refractivity contribution >= 4 is 28.5 Å². The summed E-state index contributed by atoms with van der Waals surface area (Å²) in [6, 6.07) is 16.8. The number of carbonyl (C=O) groups excluding carboxylic acids is 3. The van der Waals surface area contributed by atoms with Crippen molar-refractivity contribution in [2.75, 3.05) is 13.6 Å². The summed E-state index contributed by atoms with van der Waals surface area (Å²) in [6.07, 6.45) is 3.55. The van der Waals surface area contributed by atoms with Gasteiger partial charge in [0.1, 0.15) is 6.04 Å². The first kappa shape index (κ1) is 23.3. The van der Waals surface area contributed by atoms with Gasteiger partial charge in [0, 0.05) is 43.0 Å². The van der Waals surface area contributed by atoms with E-state index in [4.69, 9.17) is 0 Å². The fourth-order valence-electron chi connectivity index (χ4n) is 3.73. The van der Waals surface area contributed by atoms with Crippen molar-refractivity contribution in [3.8, 4) is 0 Å². The molecule has 0 bridgehead atoms. The number of Topliss-reactive ketones (excluding diaryl/α,β-unsaturated/α-hetero) is 1. The Hall–Kier alpha value is -3.41. The van der Waals surface area contributed by atoms with Gasteiger partial charge in [-0.05, 0) is 30.0 Å². The zero-order valence-corrected chi connectivity index (χ0v) is 18.9. The lowest BCUT2D eigenvalue weighted by atomic mass is 10.00. The van der Waals surface area contributed by atoms with Gasteiger partial charge in [-0.15, -0.1) is 0 Å². The third-order valence-corrected chi connectivity index (χ3v) is 6.00. The number of aromatic amines is 1. The number of amides is 2. The molecule has 1 heterocycles. The molecule has 32 heavy (non-hydrogen) atoms. The number of H-pyrrole nitrogens is 1. The average molecular weight is 434 g/mol. The number of ketones is 1. The summed E-state index contributed by atoms with van der Waals surface area (Å²) in [5.74, 6) is -1.71. The van der Waals surface area contributed by atoms with Crippen molar-refractivity contribution in [1.29, 1.82) is 0 Å². The number of rotatable bonds is 10. The molecule has 3 rings (SSSR count). The van der Waals surface area contributed by atoms with Gasteiger partial charge in [0.15, 0.2) is 0 Å². The Bertz CT molecular complexity index is 1070. The molecule has 0 aliphatic heterocycles. The lowest BCUT2D eigenvalue weighted by Crippen LogP contribution is -2.51. The molecule has 2 aromatic carbocycles. The fourth-order valence-corrected chi connectivity index (χ4v) is 3.73. The second kappa shape index (κ2) is 10.8. The SMILES string of the molecule is CCC(C)C(=O)C(=O)N(C)[C@@H](Cc1ccccc1)C(=O)NCCc1c[nH]c2ccccc12. The maximum absolute atomic E-state index is 13.1. The van der Waals surface area contributed by atoms with Crippen molar-refractivity contribution in [2.24, 2.45) is 5.92 Å². The van der Waals surface area contributed by atoms with Crippen molar-refractivity contribution < 1.29 is 14.4 Å². The van der Waals surface area contributed by atoms with Crippen molar-refractivity contribution in [3.63, 3.8) is 0 Å². The molecule has 3 aromatic rings. The van der Waals surface area contributed by atoms with E-state index in [0.717, 1.165) is 22.0 Å². The van der Waals surface area contributed by atoms with Gasteiger partial charge in [0.2, 0.25) is 11.7 Å². The van der Waals surface area contributed by atoms with E-state index < -0.39 is 17.7 Å². The summed E-state index contributed by atoms with van der Waals surface area (Å²) in [5.41, 5.74) is 3.11. The molecular formula is C26H31N3O3. The summed E-state index contributed by atoms with van der Waals surface area (Å²) in [5, 5.41) is 4.10. The van der Waals surface area contributed by atoms with Gasteiger partial charge in [-0.2, -0.15) is 0 Å². The molecule has 2 amide bonds. The molecule has 6 heteroatoms. The number of para-hydroxylation sites is 1. The largest absolute Gasteiger partial charge is 0.361 e. The van der Waals surface area contributed by atoms with E-state index in [2.05, 4.69) is 10.3 Å². The van der Waals surface area contributed by atoms with Crippen LogP contribution in [0.25, 0.3) is 10.9 Å². The van der Waals surface area contributed by atoms with E-state index in [1.165, 1.54) is 11.9 Å². The fraction of sp³-hybridized carbons (Fsp3) is 0.346. The van der Waals surface area contributed by atoms with Crippen LogP contribution >= 0.6 is 0 Å². The highest BCUT2D eigenvalue weighted by Crippen LogP contribution is 2.18. The Morgan fingerprint density at radius 2 is 1.72 bits per heavy atom. The highest BCUT2D eigenvalue weighted by atomic mass is 16.2. The van der Waals surface area contributed by atoms with Crippen molar-refractivity contribution in [3.05, 3.63) is 71.9 Å². The molecule has 2 N–H and O–H groups in total.